The molecule has 1 saturated carbocycles. The van der Waals surface area contributed by atoms with Crippen molar-refractivity contribution in [2.45, 2.75) is 66.0 Å². The summed E-state index contributed by atoms with van der Waals surface area (Å²) < 4.78 is 0. The van der Waals surface area contributed by atoms with Crippen molar-refractivity contribution in [3.05, 3.63) is 0 Å². The fourth-order valence-corrected chi connectivity index (χ4v) is 2.65. The zero-order valence-corrected chi connectivity index (χ0v) is 10.5. The van der Waals surface area contributed by atoms with Gasteiger partial charge in [-0.05, 0) is 43.9 Å². The van der Waals surface area contributed by atoms with Crippen molar-refractivity contribution in [1.82, 2.24) is 5.32 Å². The van der Waals surface area contributed by atoms with E-state index in [-0.39, 0.29) is 0 Å². The lowest BCUT2D eigenvalue weighted by Crippen LogP contribution is -2.43. The van der Waals surface area contributed by atoms with Crippen LogP contribution in [0.1, 0.15) is 53.9 Å². The van der Waals surface area contributed by atoms with Gasteiger partial charge < -0.3 is 5.32 Å². The van der Waals surface area contributed by atoms with Crippen LogP contribution in [0.25, 0.3) is 0 Å². The second-order valence-electron chi connectivity index (χ2n) is 5.81. The van der Waals surface area contributed by atoms with Gasteiger partial charge in [-0.1, -0.05) is 27.7 Å². The molecule has 0 bridgehead atoms. The zero-order valence-electron chi connectivity index (χ0n) is 10.5. The van der Waals surface area contributed by atoms with E-state index < -0.39 is 0 Å². The minimum Gasteiger partial charge on any atom is -0.311 e. The Hall–Kier alpha value is -0.0400. The first kappa shape index (κ1) is 12.0. The first-order chi connectivity index (χ1) is 6.49. The largest absolute Gasteiger partial charge is 0.311 e. The molecule has 0 aromatic heterocycles. The van der Waals surface area contributed by atoms with Crippen LogP contribution in [0.3, 0.4) is 0 Å². The van der Waals surface area contributed by atoms with E-state index in [1.165, 1.54) is 19.3 Å². The fourth-order valence-electron chi connectivity index (χ4n) is 2.65. The molecule has 1 rings (SSSR count). The molecule has 1 N–H and O–H groups in total. The number of hydrogen-bond acceptors (Lipinski definition) is 1. The third-order valence-corrected chi connectivity index (χ3v) is 3.68. The summed E-state index contributed by atoms with van der Waals surface area (Å²) in [6, 6.07) is 1.43. The van der Waals surface area contributed by atoms with Crippen molar-refractivity contribution in [3.8, 4) is 0 Å². The van der Waals surface area contributed by atoms with Gasteiger partial charge in [0.15, 0.2) is 0 Å². The molecule has 14 heavy (non-hydrogen) atoms. The molecule has 1 fully saturated rings. The molecule has 84 valence electrons. The van der Waals surface area contributed by atoms with Gasteiger partial charge in [0.2, 0.25) is 0 Å². The molecule has 1 heteroatoms. The van der Waals surface area contributed by atoms with Gasteiger partial charge in [-0.2, -0.15) is 0 Å². The monoisotopic (exact) mass is 197 g/mol. The Kier molecular flexibility index (Phi) is 4.43. The highest BCUT2D eigenvalue weighted by molar-refractivity contribution is 4.82. The van der Waals surface area contributed by atoms with Crippen molar-refractivity contribution < 1.29 is 0 Å². The molecule has 1 aliphatic carbocycles. The van der Waals surface area contributed by atoms with E-state index in [1.54, 1.807) is 0 Å². The molecule has 0 amide bonds. The standard InChI is InChI=1S/C13H27N/c1-9(2)12(5)14-13-7-10(3)6-11(4)8-13/h9-14H,6-8H2,1-5H3/t10-,11-,12-/m1/s1. The quantitative estimate of drug-likeness (QED) is 0.731. The molecule has 3 atom stereocenters. The molecule has 0 aliphatic heterocycles. The maximum absolute atomic E-state index is 3.78. The van der Waals surface area contributed by atoms with Crippen LogP contribution in [-0.4, -0.2) is 12.1 Å². The first-order valence-electron chi connectivity index (χ1n) is 6.25. The normalized spacial score (nSPS) is 36.0. The summed E-state index contributed by atoms with van der Waals surface area (Å²) in [5.74, 6) is 2.58. The minimum atomic E-state index is 0.664. The van der Waals surface area contributed by atoms with E-state index in [9.17, 15) is 0 Å². The summed E-state index contributed by atoms with van der Waals surface area (Å²) in [7, 11) is 0. The van der Waals surface area contributed by atoms with Crippen LogP contribution in [0.5, 0.6) is 0 Å². The lowest BCUT2D eigenvalue weighted by Gasteiger charge is -2.34. The summed E-state index contributed by atoms with van der Waals surface area (Å²) in [6.07, 6.45) is 4.18. The Bertz CT molecular complexity index is 155. The highest BCUT2D eigenvalue weighted by Gasteiger charge is 2.25. The molecule has 0 spiro atoms. The fraction of sp³-hybridized carbons (Fsp3) is 1.00. The van der Waals surface area contributed by atoms with E-state index in [4.69, 9.17) is 0 Å². The molecule has 0 aromatic carbocycles. The van der Waals surface area contributed by atoms with Crippen LogP contribution in [0.15, 0.2) is 0 Å². The van der Waals surface area contributed by atoms with E-state index in [0.717, 1.165) is 23.8 Å². The van der Waals surface area contributed by atoms with Crippen molar-refractivity contribution in [3.63, 3.8) is 0 Å². The van der Waals surface area contributed by atoms with Crippen molar-refractivity contribution >= 4 is 0 Å². The van der Waals surface area contributed by atoms with Gasteiger partial charge in [-0.25, -0.2) is 0 Å². The smallest absolute Gasteiger partial charge is 0.00747 e. The van der Waals surface area contributed by atoms with Gasteiger partial charge in [0, 0.05) is 12.1 Å². The molecule has 1 nitrogen and oxygen atoms in total. The van der Waals surface area contributed by atoms with E-state index >= 15 is 0 Å². The maximum atomic E-state index is 3.78. The Morgan fingerprint density at radius 1 is 0.929 bits per heavy atom. The molecule has 1 aliphatic rings. The number of rotatable bonds is 3. The molecule has 0 radical (unpaired) electrons. The predicted octanol–water partition coefficient (Wildman–Crippen LogP) is 3.45. The Balaban J connectivity index is 2.36. The van der Waals surface area contributed by atoms with E-state index in [1.807, 2.05) is 0 Å². The minimum absolute atomic E-state index is 0.664. The van der Waals surface area contributed by atoms with Gasteiger partial charge in [0.25, 0.3) is 0 Å². The average Bonchev–Trinajstić information content (AvgIpc) is 2.01. The Morgan fingerprint density at radius 3 is 1.86 bits per heavy atom. The summed E-state index contributed by atoms with van der Waals surface area (Å²) in [5.41, 5.74) is 0. The van der Waals surface area contributed by atoms with Gasteiger partial charge in [-0.3, -0.25) is 0 Å². The van der Waals surface area contributed by atoms with Crippen LogP contribution >= 0.6 is 0 Å². The van der Waals surface area contributed by atoms with Crippen LogP contribution < -0.4 is 5.32 Å². The summed E-state index contributed by atoms with van der Waals surface area (Å²) in [5, 5.41) is 3.78. The SMILES string of the molecule is CC(C)[C@@H](C)NC1C[C@H](C)C[C@@H](C)C1. The second kappa shape index (κ2) is 5.16. The highest BCUT2D eigenvalue weighted by Crippen LogP contribution is 2.28. The van der Waals surface area contributed by atoms with Gasteiger partial charge in [-0.15, -0.1) is 0 Å². The Morgan fingerprint density at radius 2 is 1.43 bits per heavy atom. The molecular formula is C13H27N. The topological polar surface area (TPSA) is 12.0 Å². The van der Waals surface area contributed by atoms with Crippen molar-refractivity contribution in [2.24, 2.45) is 17.8 Å². The van der Waals surface area contributed by atoms with Crippen LogP contribution in [-0.2, 0) is 0 Å². The van der Waals surface area contributed by atoms with Crippen LogP contribution in [0.4, 0.5) is 0 Å². The first-order valence-corrected chi connectivity index (χ1v) is 6.25. The van der Waals surface area contributed by atoms with Gasteiger partial charge >= 0.3 is 0 Å². The van der Waals surface area contributed by atoms with Crippen LogP contribution in [0, 0.1) is 17.8 Å². The molecule has 0 saturated heterocycles. The second-order valence-corrected chi connectivity index (χ2v) is 5.81. The molecule has 0 heterocycles. The third-order valence-electron chi connectivity index (χ3n) is 3.68. The van der Waals surface area contributed by atoms with Crippen molar-refractivity contribution in [1.29, 1.82) is 0 Å². The molecular weight excluding hydrogens is 170 g/mol. The van der Waals surface area contributed by atoms with E-state index in [2.05, 4.69) is 39.9 Å². The van der Waals surface area contributed by atoms with Gasteiger partial charge in [0.05, 0.1) is 0 Å². The number of hydrogen-bond donors (Lipinski definition) is 1. The van der Waals surface area contributed by atoms with Gasteiger partial charge in [0.1, 0.15) is 0 Å². The highest BCUT2D eigenvalue weighted by atomic mass is 15.0. The predicted molar refractivity (Wildman–Crippen MR) is 63.4 cm³/mol. The summed E-state index contributed by atoms with van der Waals surface area (Å²) >= 11 is 0. The Labute approximate surface area is 89.7 Å². The average molecular weight is 197 g/mol. The molecule has 0 aromatic rings. The lowest BCUT2D eigenvalue weighted by atomic mass is 9.80. The van der Waals surface area contributed by atoms with Crippen LogP contribution in [0.2, 0.25) is 0 Å². The number of nitrogens with one attached hydrogen (secondary N) is 1. The summed E-state index contributed by atoms with van der Waals surface area (Å²) in [4.78, 5) is 0. The zero-order chi connectivity index (χ0) is 10.7. The lowest BCUT2D eigenvalue weighted by molar-refractivity contribution is 0.217. The molecule has 0 unspecified atom stereocenters. The maximum Gasteiger partial charge on any atom is 0.00747 e. The van der Waals surface area contributed by atoms with Crippen molar-refractivity contribution in [2.75, 3.05) is 0 Å². The van der Waals surface area contributed by atoms with E-state index in [0.29, 0.717) is 6.04 Å². The third kappa shape index (κ3) is 3.61. The summed E-state index contributed by atoms with van der Waals surface area (Å²) in [6.45, 7) is 11.7.